The zero-order valence-electron chi connectivity index (χ0n) is 9.90. The van der Waals surface area contributed by atoms with Crippen molar-refractivity contribution in [3.63, 3.8) is 0 Å². The lowest BCUT2D eigenvalue weighted by Gasteiger charge is -2.13. The summed E-state index contributed by atoms with van der Waals surface area (Å²) in [6, 6.07) is 7.15. The van der Waals surface area contributed by atoms with E-state index in [1.807, 2.05) is 12.1 Å². The van der Waals surface area contributed by atoms with Crippen molar-refractivity contribution in [3.05, 3.63) is 35.6 Å². The Bertz CT molecular complexity index is 402. The lowest BCUT2D eigenvalue weighted by atomic mass is 9.94. The van der Waals surface area contributed by atoms with E-state index in [9.17, 15) is 4.39 Å². The van der Waals surface area contributed by atoms with Crippen LogP contribution in [0.2, 0.25) is 0 Å². The molecule has 0 radical (unpaired) electrons. The summed E-state index contributed by atoms with van der Waals surface area (Å²) >= 11 is 0. The zero-order valence-corrected chi connectivity index (χ0v) is 9.90. The maximum Gasteiger partial charge on any atom is 0.282 e. The van der Waals surface area contributed by atoms with E-state index in [1.54, 1.807) is 0 Å². The van der Waals surface area contributed by atoms with E-state index in [2.05, 4.69) is 11.9 Å². The molecule has 0 fully saturated rings. The summed E-state index contributed by atoms with van der Waals surface area (Å²) in [5.74, 6) is 0.204. The Morgan fingerprint density at radius 3 is 2.76 bits per heavy atom. The van der Waals surface area contributed by atoms with Crippen LogP contribution in [-0.2, 0) is 4.74 Å². The molecule has 1 aromatic carbocycles. The van der Waals surface area contributed by atoms with Crippen molar-refractivity contribution in [2.45, 2.75) is 31.7 Å². The first-order valence-electron chi connectivity index (χ1n) is 5.86. The molecule has 1 aliphatic heterocycles. The van der Waals surface area contributed by atoms with Crippen molar-refractivity contribution in [1.82, 2.24) is 0 Å². The second-order valence-electron chi connectivity index (χ2n) is 4.46. The average Bonchev–Trinajstić information content (AvgIpc) is 2.73. The van der Waals surface area contributed by atoms with E-state index in [1.165, 1.54) is 12.1 Å². The molecule has 0 aromatic heterocycles. The molecule has 2 atom stereocenters. The highest BCUT2D eigenvalue weighted by atomic mass is 19.1. The fraction of sp³-hybridized carbons (Fsp3) is 0.462. The minimum atomic E-state index is -0.192. The van der Waals surface area contributed by atoms with Gasteiger partial charge in [-0.25, -0.2) is 9.38 Å². The molecule has 1 unspecified atom stereocenters. The summed E-state index contributed by atoms with van der Waals surface area (Å²) in [5, 5.41) is 0. The van der Waals surface area contributed by atoms with Crippen molar-refractivity contribution >= 4 is 6.02 Å². The third kappa shape index (κ3) is 3.19. The lowest BCUT2D eigenvalue weighted by Crippen LogP contribution is -2.10. The van der Waals surface area contributed by atoms with Gasteiger partial charge in [0.25, 0.3) is 6.02 Å². The molecule has 3 nitrogen and oxygen atoms in total. The Morgan fingerprint density at radius 2 is 2.18 bits per heavy atom. The van der Waals surface area contributed by atoms with Crippen LogP contribution in [0.3, 0.4) is 0 Å². The zero-order chi connectivity index (χ0) is 12.3. The monoisotopic (exact) mass is 236 g/mol. The van der Waals surface area contributed by atoms with E-state index >= 15 is 0 Å². The van der Waals surface area contributed by atoms with Crippen LogP contribution in [-0.4, -0.2) is 18.7 Å². The molecule has 0 bridgehead atoms. The standard InChI is InChI=1S/C13H17FN2O/c1-9(10-3-5-11(14)6-4-10)2-7-12-8-17-13(15)16-12/h3-6,9,12H,2,7-8H2,1H3,(H2,15,16)/t9-,12?/m1/s1. The molecule has 1 heterocycles. The van der Waals surface area contributed by atoms with Gasteiger partial charge >= 0.3 is 0 Å². The van der Waals surface area contributed by atoms with Gasteiger partial charge in [0.2, 0.25) is 0 Å². The molecule has 92 valence electrons. The van der Waals surface area contributed by atoms with Crippen LogP contribution in [0.5, 0.6) is 0 Å². The number of rotatable bonds is 4. The maximum absolute atomic E-state index is 12.8. The molecule has 0 saturated carbocycles. The number of aliphatic imine (C=N–C) groups is 1. The van der Waals surface area contributed by atoms with Crippen molar-refractivity contribution in [2.24, 2.45) is 10.7 Å². The number of nitrogens with two attached hydrogens (primary N) is 1. The summed E-state index contributed by atoms with van der Waals surface area (Å²) in [6.07, 6.45) is 1.94. The first-order chi connectivity index (χ1) is 8.15. The SMILES string of the molecule is C[C@H](CCC1COC(N)=N1)c1ccc(F)cc1. The Balaban J connectivity index is 1.85. The van der Waals surface area contributed by atoms with Gasteiger partial charge in [-0.3, -0.25) is 0 Å². The second kappa shape index (κ2) is 5.17. The van der Waals surface area contributed by atoms with Crippen LogP contribution in [0, 0.1) is 5.82 Å². The quantitative estimate of drug-likeness (QED) is 0.872. The van der Waals surface area contributed by atoms with E-state index in [4.69, 9.17) is 10.5 Å². The first-order valence-corrected chi connectivity index (χ1v) is 5.86. The van der Waals surface area contributed by atoms with Crippen LogP contribution in [0.25, 0.3) is 0 Å². The molecule has 1 aliphatic rings. The third-order valence-corrected chi connectivity index (χ3v) is 3.11. The number of benzene rings is 1. The summed E-state index contributed by atoms with van der Waals surface area (Å²) < 4.78 is 17.9. The minimum absolute atomic E-state index is 0.179. The predicted octanol–water partition coefficient (Wildman–Crippen LogP) is 2.42. The maximum atomic E-state index is 12.8. The Labute approximate surface area is 100 Å². The van der Waals surface area contributed by atoms with E-state index in [0.29, 0.717) is 18.5 Å². The van der Waals surface area contributed by atoms with Gasteiger partial charge in [-0.05, 0) is 36.5 Å². The molecule has 0 amide bonds. The average molecular weight is 236 g/mol. The topological polar surface area (TPSA) is 47.6 Å². The van der Waals surface area contributed by atoms with Gasteiger partial charge in [-0.2, -0.15) is 0 Å². The van der Waals surface area contributed by atoms with E-state index in [0.717, 1.165) is 18.4 Å². The fourth-order valence-corrected chi connectivity index (χ4v) is 1.98. The third-order valence-electron chi connectivity index (χ3n) is 3.11. The molecule has 4 heteroatoms. The summed E-state index contributed by atoms with van der Waals surface area (Å²) in [6.45, 7) is 2.72. The summed E-state index contributed by atoms with van der Waals surface area (Å²) in [7, 11) is 0. The smallest absolute Gasteiger partial charge is 0.282 e. The molecule has 0 saturated heterocycles. The summed E-state index contributed by atoms with van der Waals surface area (Å²) in [4.78, 5) is 4.18. The highest BCUT2D eigenvalue weighted by molar-refractivity contribution is 5.72. The van der Waals surface area contributed by atoms with E-state index in [-0.39, 0.29) is 11.9 Å². The number of nitrogens with zero attached hydrogens (tertiary/aromatic N) is 1. The second-order valence-corrected chi connectivity index (χ2v) is 4.46. The van der Waals surface area contributed by atoms with Gasteiger partial charge in [0.1, 0.15) is 12.4 Å². The van der Waals surface area contributed by atoms with Crippen LogP contribution < -0.4 is 5.73 Å². The largest absolute Gasteiger partial charge is 0.463 e. The van der Waals surface area contributed by atoms with Crippen molar-refractivity contribution in [1.29, 1.82) is 0 Å². The molecule has 0 spiro atoms. The normalized spacial score (nSPS) is 20.8. The van der Waals surface area contributed by atoms with Crippen molar-refractivity contribution in [3.8, 4) is 0 Å². The van der Waals surface area contributed by atoms with Gasteiger partial charge in [0.15, 0.2) is 0 Å². The van der Waals surface area contributed by atoms with Gasteiger partial charge < -0.3 is 10.5 Å². The van der Waals surface area contributed by atoms with E-state index < -0.39 is 0 Å². The predicted molar refractivity (Wildman–Crippen MR) is 65.4 cm³/mol. The Kier molecular flexibility index (Phi) is 3.61. The van der Waals surface area contributed by atoms with Gasteiger partial charge in [-0.15, -0.1) is 0 Å². The highest BCUT2D eigenvalue weighted by Gasteiger charge is 2.17. The lowest BCUT2D eigenvalue weighted by molar-refractivity contribution is 0.304. The molecule has 17 heavy (non-hydrogen) atoms. The molecule has 2 rings (SSSR count). The van der Waals surface area contributed by atoms with Crippen LogP contribution in [0.1, 0.15) is 31.2 Å². The van der Waals surface area contributed by atoms with Gasteiger partial charge in [-0.1, -0.05) is 19.1 Å². The fourth-order valence-electron chi connectivity index (χ4n) is 1.98. The number of amidine groups is 1. The molecule has 0 aliphatic carbocycles. The number of ether oxygens (including phenoxy) is 1. The van der Waals surface area contributed by atoms with Crippen LogP contribution in [0.15, 0.2) is 29.3 Å². The molecule has 1 aromatic rings. The van der Waals surface area contributed by atoms with Gasteiger partial charge in [0.05, 0.1) is 6.04 Å². The van der Waals surface area contributed by atoms with Crippen molar-refractivity contribution < 1.29 is 9.13 Å². The minimum Gasteiger partial charge on any atom is -0.463 e. The number of halogens is 1. The van der Waals surface area contributed by atoms with Crippen LogP contribution >= 0.6 is 0 Å². The molecular weight excluding hydrogens is 219 g/mol. The summed E-state index contributed by atoms with van der Waals surface area (Å²) in [5.41, 5.74) is 6.60. The number of hydrogen-bond donors (Lipinski definition) is 1. The molecular formula is C13H17FN2O. The first kappa shape index (κ1) is 11.9. The van der Waals surface area contributed by atoms with Crippen LogP contribution in [0.4, 0.5) is 4.39 Å². The van der Waals surface area contributed by atoms with Gasteiger partial charge in [0, 0.05) is 0 Å². The molecule has 2 N–H and O–H groups in total. The van der Waals surface area contributed by atoms with Crippen molar-refractivity contribution in [2.75, 3.05) is 6.61 Å². The Morgan fingerprint density at radius 1 is 1.47 bits per heavy atom. The Hall–Kier alpha value is -1.58. The number of hydrogen-bond acceptors (Lipinski definition) is 3. The highest BCUT2D eigenvalue weighted by Crippen LogP contribution is 2.23.